The van der Waals surface area contributed by atoms with E-state index >= 15 is 0 Å². The van der Waals surface area contributed by atoms with E-state index in [-0.39, 0.29) is 0 Å². The molecule has 19 heavy (non-hydrogen) atoms. The van der Waals surface area contributed by atoms with Gasteiger partial charge in [0, 0.05) is 0 Å². The molecule has 4 nitrogen and oxygen atoms in total. The van der Waals surface area contributed by atoms with Crippen molar-refractivity contribution in [3.05, 3.63) is 47.5 Å². The molecular weight excluding hydrogens is 244 g/mol. The SMILES string of the molecule is CCOC(=O)c1cc(C(=O)OC)c2ccccc2c1. The molecule has 0 bridgehead atoms. The summed E-state index contributed by atoms with van der Waals surface area (Å²) >= 11 is 0. The van der Waals surface area contributed by atoms with Crippen molar-refractivity contribution < 1.29 is 19.1 Å². The molecule has 0 spiro atoms. The van der Waals surface area contributed by atoms with Crippen molar-refractivity contribution in [2.45, 2.75) is 6.92 Å². The number of carbonyl (C=O) groups is 2. The number of hydrogen-bond acceptors (Lipinski definition) is 4. The van der Waals surface area contributed by atoms with E-state index in [1.54, 1.807) is 13.0 Å². The zero-order valence-corrected chi connectivity index (χ0v) is 10.8. The Hall–Kier alpha value is -2.36. The monoisotopic (exact) mass is 258 g/mol. The molecule has 0 radical (unpaired) electrons. The van der Waals surface area contributed by atoms with Gasteiger partial charge >= 0.3 is 11.9 Å². The number of methoxy groups -OCH3 is 1. The van der Waals surface area contributed by atoms with Gasteiger partial charge in [0.2, 0.25) is 0 Å². The highest BCUT2D eigenvalue weighted by Gasteiger charge is 2.15. The third kappa shape index (κ3) is 2.57. The van der Waals surface area contributed by atoms with Crippen molar-refractivity contribution in [3.63, 3.8) is 0 Å². The molecule has 0 saturated carbocycles. The zero-order valence-electron chi connectivity index (χ0n) is 10.8. The van der Waals surface area contributed by atoms with Gasteiger partial charge in [-0.1, -0.05) is 24.3 Å². The predicted octanol–water partition coefficient (Wildman–Crippen LogP) is 2.80. The summed E-state index contributed by atoms with van der Waals surface area (Å²) in [6.45, 7) is 2.03. The Labute approximate surface area is 110 Å². The summed E-state index contributed by atoms with van der Waals surface area (Å²) in [5.41, 5.74) is 0.713. The third-order valence-corrected chi connectivity index (χ3v) is 2.78. The van der Waals surface area contributed by atoms with E-state index in [0.717, 1.165) is 10.8 Å². The van der Waals surface area contributed by atoms with E-state index in [1.807, 2.05) is 24.3 Å². The summed E-state index contributed by atoms with van der Waals surface area (Å²) < 4.78 is 9.70. The standard InChI is InChI=1S/C15H14O4/c1-3-19-14(16)11-8-10-6-4-5-7-12(10)13(9-11)15(17)18-2/h4-9H,3H2,1-2H3. The van der Waals surface area contributed by atoms with Crippen LogP contribution in [0.3, 0.4) is 0 Å². The van der Waals surface area contributed by atoms with Crippen molar-refractivity contribution in [2.24, 2.45) is 0 Å². The highest BCUT2D eigenvalue weighted by Crippen LogP contribution is 2.22. The van der Waals surface area contributed by atoms with Crippen LogP contribution < -0.4 is 0 Å². The van der Waals surface area contributed by atoms with Crippen LogP contribution in [0.25, 0.3) is 10.8 Å². The molecule has 2 rings (SSSR count). The highest BCUT2D eigenvalue weighted by atomic mass is 16.5. The smallest absolute Gasteiger partial charge is 0.338 e. The maximum absolute atomic E-state index is 11.8. The molecule has 2 aromatic rings. The van der Waals surface area contributed by atoms with Crippen LogP contribution >= 0.6 is 0 Å². The summed E-state index contributed by atoms with van der Waals surface area (Å²) in [4.78, 5) is 23.6. The second-order valence-corrected chi connectivity index (χ2v) is 3.96. The zero-order chi connectivity index (χ0) is 13.8. The second kappa shape index (κ2) is 5.52. The van der Waals surface area contributed by atoms with Crippen molar-refractivity contribution in [1.82, 2.24) is 0 Å². The molecule has 0 heterocycles. The van der Waals surface area contributed by atoms with Crippen LogP contribution in [0.1, 0.15) is 27.6 Å². The maximum atomic E-state index is 11.8. The number of benzene rings is 2. The largest absolute Gasteiger partial charge is 0.465 e. The van der Waals surface area contributed by atoms with Gasteiger partial charge in [0.05, 0.1) is 24.8 Å². The Balaban J connectivity index is 2.63. The Morgan fingerprint density at radius 2 is 1.84 bits per heavy atom. The van der Waals surface area contributed by atoms with E-state index in [0.29, 0.717) is 17.7 Å². The second-order valence-electron chi connectivity index (χ2n) is 3.96. The average molecular weight is 258 g/mol. The van der Waals surface area contributed by atoms with E-state index in [2.05, 4.69) is 0 Å². The van der Waals surface area contributed by atoms with Gasteiger partial charge in [0.1, 0.15) is 0 Å². The molecule has 0 N–H and O–H groups in total. The van der Waals surface area contributed by atoms with Crippen LogP contribution in [0.2, 0.25) is 0 Å². The molecule has 0 aliphatic rings. The molecule has 0 aliphatic heterocycles. The van der Waals surface area contributed by atoms with Crippen LogP contribution in [0.15, 0.2) is 36.4 Å². The van der Waals surface area contributed by atoms with Crippen molar-refractivity contribution >= 4 is 22.7 Å². The number of fused-ring (bicyclic) bond motifs is 1. The Morgan fingerprint density at radius 1 is 1.11 bits per heavy atom. The summed E-state index contributed by atoms with van der Waals surface area (Å²) in [6, 6.07) is 10.5. The van der Waals surface area contributed by atoms with Crippen LogP contribution in [0, 0.1) is 0 Å². The van der Waals surface area contributed by atoms with Crippen molar-refractivity contribution in [2.75, 3.05) is 13.7 Å². The highest BCUT2D eigenvalue weighted by molar-refractivity contribution is 6.07. The molecule has 2 aromatic carbocycles. The van der Waals surface area contributed by atoms with E-state index in [1.165, 1.54) is 13.2 Å². The van der Waals surface area contributed by atoms with Crippen molar-refractivity contribution in [1.29, 1.82) is 0 Å². The number of hydrogen-bond donors (Lipinski definition) is 0. The first kappa shape index (κ1) is 13.1. The topological polar surface area (TPSA) is 52.6 Å². The summed E-state index contributed by atoms with van der Waals surface area (Å²) in [5, 5.41) is 1.55. The van der Waals surface area contributed by atoms with Crippen LogP contribution in [0.5, 0.6) is 0 Å². The first-order chi connectivity index (χ1) is 9.17. The van der Waals surface area contributed by atoms with Gasteiger partial charge in [-0.2, -0.15) is 0 Å². The maximum Gasteiger partial charge on any atom is 0.338 e. The molecule has 0 fully saturated rings. The number of esters is 2. The first-order valence-corrected chi connectivity index (χ1v) is 5.95. The number of ether oxygens (including phenoxy) is 2. The van der Waals surface area contributed by atoms with E-state index < -0.39 is 11.9 Å². The van der Waals surface area contributed by atoms with E-state index in [9.17, 15) is 9.59 Å². The fourth-order valence-corrected chi connectivity index (χ4v) is 1.92. The number of carbonyl (C=O) groups excluding carboxylic acids is 2. The lowest BCUT2D eigenvalue weighted by Gasteiger charge is -2.08. The van der Waals surface area contributed by atoms with Crippen molar-refractivity contribution in [3.8, 4) is 0 Å². The fourth-order valence-electron chi connectivity index (χ4n) is 1.92. The normalized spacial score (nSPS) is 10.2. The molecule has 0 aromatic heterocycles. The van der Waals surface area contributed by atoms with Gasteiger partial charge in [0.15, 0.2) is 0 Å². The molecule has 0 atom stereocenters. The average Bonchev–Trinajstić information content (AvgIpc) is 2.45. The Morgan fingerprint density at radius 3 is 2.53 bits per heavy atom. The van der Waals surface area contributed by atoms with E-state index in [4.69, 9.17) is 9.47 Å². The Bertz CT molecular complexity index is 631. The molecular formula is C15H14O4. The predicted molar refractivity (Wildman–Crippen MR) is 71.2 cm³/mol. The minimum absolute atomic E-state index is 0.291. The minimum atomic E-state index is -0.470. The Kier molecular flexibility index (Phi) is 3.80. The molecule has 4 heteroatoms. The van der Waals surface area contributed by atoms with Crippen LogP contribution in [-0.4, -0.2) is 25.7 Å². The lowest BCUT2D eigenvalue weighted by molar-refractivity contribution is 0.0526. The molecule has 0 aliphatic carbocycles. The first-order valence-electron chi connectivity index (χ1n) is 5.95. The summed E-state index contributed by atoms with van der Waals surface area (Å²) in [7, 11) is 1.31. The van der Waals surface area contributed by atoms with Crippen LogP contribution in [-0.2, 0) is 9.47 Å². The van der Waals surface area contributed by atoms with Gasteiger partial charge in [-0.25, -0.2) is 9.59 Å². The van der Waals surface area contributed by atoms with Crippen LogP contribution in [0.4, 0.5) is 0 Å². The fraction of sp³-hybridized carbons (Fsp3) is 0.200. The van der Waals surface area contributed by atoms with Gasteiger partial charge < -0.3 is 9.47 Å². The van der Waals surface area contributed by atoms with Gasteiger partial charge in [-0.15, -0.1) is 0 Å². The molecule has 0 amide bonds. The number of rotatable bonds is 3. The molecule has 98 valence electrons. The quantitative estimate of drug-likeness (QED) is 0.794. The summed E-state index contributed by atoms with van der Waals surface area (Å²) in [6.07, 6.45) is 0. The third-order valence-electron chi connectivity index (χ3n) is 2.78. The van der Waals surface area contributed by atoms with Gasteiger partial charge in [-0.05, 0) is 29.8 Å². The summed E-state index contributed by atoms with van der Waals surface area (Å²) in [5.74, 6) is -0.916. The molecule has 0 saturated heterocycles. The lowest BCUT2D eigenvalue weighted by atomic mass is 10.0. The molecule has 0 unspecified atom stereocenters. The van der Waals surface area contributed by atoms with Gasteiger partial charge in [0.25, 0.3) is 0 Å². The van der Waals surface area contributed by atoms with Gasteiger partial charge in [-0.3, -0.25) is 0 Å². The lowest BCUT2D eigenvalue weighted by Crippen LogP contribution is -2.08. The minimum Gasteiger partial charge on any atom is -0.465 e.